The smallest absolute Gasteiger partial charge is 0.0370 e. The molecule has 1 aromatic rings. The molecule has 0 radical (unpaired) electrons. The van der Waals surface area contributed by atoms with Crippen molar-refractivity contribution in [3.8, 4) is 0 Å². The Morgan fingerprint density at radius 1 is 1.29 bits per heavy atom. The number of benzene rings is 1. The van der Waals surface area contributed by atoms with Crippen molar-refractivity contribution < 1.29 is 0 Å². The summed E-state index contributed by atoms with van der Waals surface area (Å²) in [6.07, 6.45) is 2.27. The highest BCUT2D eigenvalue weighted by atomic mass is 32.2. The summed E-state index contributed by atoms with van der Waals surface area (Å²) in [7, 11) is 0. The summed E-state index contributed by atoms with van der Waals surface area (Å²) in [5.74, 6) is 0.707. The van der Waals surface area contributed by atoms with Gasteiger partial charge in [0.2, 0.25) is 0 Å². The number of hydrogen-bond acceptors (Lipinski definition) is 1. The molecule has 74 valence electrons. The highest BCUT2D eigenvalue weighted by Crippen LogP contribution is 2.47. The minimum absolute atomic E-state index is 0.650. The van der Waals surface area contributed by atoms with Crippen LogP contribution in [0.5, 0.6) is 0 Å². The third-order valence-electron chi connectivity index (χ3n) is 2.68. The van der Waals surface area contributed by atoms with Crippen molar-refractivity contribution in [1.29, 1.82) is 0 Å². The molecule has 1 heteroatoms. The molecule has 1 aromatic carbocycles. The van der Waals surface area contributed by atoms with Crippen molar-refractivity contribution in [2.24, 2.45) is 5.92 Å². The van der Waals surface area contributed by atoms with E-state index in [0.717, 1.165) is 0 Å². The lowest BCUT2D eigenvalue weighted by molar-refractivity contribution is 0.691. The van der Waals surface area contributed by atoms with E-state index >= 15 is 0 Å². The Balaban J connectivity index is 2.44. The zero-order valence-corrected chi connectivity index (χ0v) is 9.77. The number of allylic oxidation sites excluding steroid dienone is 1. The Morgan fingerprint density at radius 3 is 2.64 bits per heavy atom. The second-order valence-corrected chi connectivity index (χ2v) is 5.21. The van der Waals surface area contributed by atoms with Gasteiger partial charge in [0.1, 0.15) is 0 Å². The van der Waals surface area contributed by atoms with Gasteiger partial charge in [0, 0.05) is 10.1 Å². The Kier molecular flexibility index (Phi) is 2.69. The van der Waals surface area contributed by atoms with Crippen molar-refractivity contribution in [3.05, 3.63) is 35.9 Å². The second kappa shape index (κ2) is 3.82. The first-order valence-electron chi connectivity index (χ1n) is 5.16. The first-order chi connectivity index (χ1) is 6.74. The average Bonchev–Trinajstić information content (AvgIpc) is 2.56. The molecule has 0 nitrogen and oxygen atoms in total. The molecule has 0 bridgehead atoms. The van der Waals surface area contributed by atoms with E-state index in [1.807, 2.05) is 11.8 Å². The maximum absolute atomic E-state index is 2.30. The van der Waals surface area contributed by atoms with Gasteiger partial charge < -0.3 is 0 Å². The van der Waals surface area contributed by atoms with Gasteiger partial charge in [-0.1, -0.05) is 38.1 Å². The second-order valence-electron chi connectivity index (χ2n) is 4.02. The van der Waals surface area contributed by atoms with Crippen LogP contribution in [0.1, 0.15) is 26.3 Å². The van der Waals surface area contributed by atoms with Crippen LogP contribution >= 0.6 is 11.8 Å². The van der Waals surface area contributed by atoms with Crippen LogP contribution in [-0.2, 0) is 0 Å². The van der Waals surface area contributed by atoms with Crippen molar-refractivity contribution in [2.75, 3.05) is 0 Å². The van der Waals surface area contributed by atoms with Crippen LogP contribution in [0.3, 0.4) is 0 Å². The highest BCUT2D eigenvalue weighted by Gasteiger charge is 2.28. The molecule has 0 aromatic heterocycles. The van der Waals surface area contributed by atoms with Crippen LogP contribution in [0.25, 0.3) is 5.57 Å². The first-order valence-corrected chi connectivity index (χ1v) is 6.04. The molecular formula is C13H16S. The largest absolute Gasteiger partial charge is 0.117 e. The fourth-order valence-electron chi connectivity index (χ4n) is 1.98. The molecule has 0 spiro atoms. The van der Waals surface area contributed by atoms with E-state index in [0.29, 0.717) is 11.2 Å². The molecule has 0 saturated heterocycles. The van der Waals surface area contributed by atoms with Crippen molar-refractivity contribution in [3.63, 3.8) is 0 Å². The van der Waals surface area contributed by atoms with E-state index in [1.54, 1.807) is 0 Å². The summed E-state index contributed by atoms with van der Waals surface area (Å²) < 4.78 is 0. The van der Waals surface area contributed by atoms with E-state index in [4.69, 9.17) is 0 Å². The van der Waals surface area contributed by atoms with Crippen LogP contribution in [0.4, 0.5) is 0 Å². The van der Waals surface area contributed by atoms with Crippen LogP contribution in [0.2, 0.25) is 0 Å². The molecule has 1 aliphatic rings. The molecule has 0 saturated carbocycles. The lowest BCUT2D eigenvalue weighted by Crippen LogP contribution is -2.08. The summed E-state index contributed by atoms with van der Waals surface area (Å²) in [5, 5.41) is 0.650. The molecule has 1 atom stereocenters. The lowest BCUT2D eigenvalue weighted by Gasteiger charge is -2.15. The van der Waals surface area contributed by atoms with Gasteiger partial charge in [0.15, 0.2) is 0 Å². The molecule has 0 amide bonds. The van der Waals surface area contributed by atoms with E-state index < -0.39 is 0 Å². The van der Waals surface area contributed by atoms with Gasteiger partial charge in [-0.25, -0.2) is 0 Å². The van der Waals surface area contributed by atoms with E-state index in [1.165, 1.54) is 16.0 Å². The Bertz CT molecular complexity index is 363. The fourth-order valence-corrected chi connectivity index (χ4v) is 3.38. The maximum Gasteiger partial charge on any atom is 0.0370 e. The molecule has 14 heavy (non-hydrogen) atoms. The average molecular weight is 204 g/mol. The van der Waals surface area contributed by atoms with Crippen molar-refractivity contribution >= 4 is 17.3 Å². The van der Waals surface area contributed by atoms with Gasteiger partial charge in [0.25, 0.3) is 0 Å². The number of hydrogen-bond donors (Lipinski definition) is 0. The summed E-state index contributed by atoms with van der Waals surface area (Å²) in [6, 6.07) is 8.72. The Labute approximate surface area is 90.4 Å². The molecule has 1 heterocycles. The molecule has 2 rings (SSSR count). The zero-order valence-electron chi connectivity index (χ0n) is 8.95. The predicted octanol–water partition coefficient (Wildman–Crippen LogP) is 4.22. The summed E-state index contributed by atoms with van der Waals surface area (Å²) in [5.41, 5.74) is 2.96. The quantitative estimate of drug-likeness (QED) is 0.660. The normalized spacial score (nSPS) is 23.1. The molecule has 1 aliphatic heterocycles. The topological polar surface area (TPSA) is 0 Å². The first kappa shape index (κ1) is 9.85. The van der Waals surface area contributed by atoms with Crippen LogP contribution in [0.15, 0.2) is 35.2 Å². The van der Waals surface area contributed by atoms with E-state index in [2.05, 4.69) is 51.1 Å². The van der Waals surface area contributed by atoms with Crippen molar-refractivity contribution in [1.82, 2.24) is 0 Å². The lowest BCUT2D eigenvalue weighted by atomic mass is 9.96. The summed E-state index contributed by atoms with van der Waals surface area (Å²) >= 11 is 2.01. The Morgan fingerprint density at radius 2 is 2.00 bits per heavy atom. The molecule has 0 aliphatic carbocycles. The minimum atomic E-state index is 0.650. The van der Waals surface area contributed by atoms with Gasteiger partial charge in [-0.05, 0) is 30.0 Å². The standard InChI is InChI=1S/C13H16S/c1-4-10-11-7-5-6-8-12(11)14-13(10)9(2)3/h4-9,13H,1-3H3/b10-4-. The molecule has 0 fully saturated rings. The van der Waals surface area contributed by atoms with Gasteiger partial charge in [-0.15, -0.1) is 11.8 Å². The number of fused-ring (bicyclic) bond motifs is 1. The monoisotopic (exact) mass is 204 g/mol. The fraction of sp³-hybridized carbons (Fsp3) is 0.385. The molecule has 0 N–H and O–H groups in total. The number of thioether (sulfide) groups is 1. The zero-order chi connectivity index (χ0) is 10.1. The van der Waals surface area contributed by atoms with Crippen LogP contribution in [-0.4, -0.2) is 5.25 Å². The van der Waals surface area contributed by atoms with E-state index in [-0.39, 0.29) is 0 Å². The summed E-state index contributed by atoms with van der Waals surface area (Å²) in [4.78, 5) is 1.44. The van der Waals surface area contributed by atoms with Gasteiger partial charge in [-0.3, -0.25) is 0 Å². The molecule has 1 unspecified atom stereocenters. The third kappa shape index (κ3) is 1.50. The Hall–Kier alpha value is -0.690. The third-order valence-corrected chi connectivity index (χ3v) is 4.34. The number of rotatable bonds is 1. The van der Waals surface area contributed by atoms with Gasteiger partial charge in [-0.2, -0.15) is 0 Å². The van der Waals surface area contributed by atoms with E-state index in [9.17, 15) is 0 Å². The van der Waals surface area contributed by atoms with Crippen LogP contribution < -0.4 is 0 Å². The minimum Gasteiger partial charge on any atom is -0.117 e. The van der Waals surface area contributed by atoms with Gasteiger partial charge in [0.05, 0.1) is 0 Å². The molecular weight excluding hydrogens is 188 g/mol. The van der Waals surface area contributed by atoms with Crippen molar-refractivity contribution in [2.45, 2.75) is 30.9 Å². The summed E-state index contributed by atoms with van der Waals surface area (Å²) in [6.45, 7) is 6.74. The predicted molar refractivity (Wildman–Crippen MR) is 64.6 cm³/mol. The maximum atomic E-state index is 2.30. The van der Waals surface area contributed by atoms with Gasteiger partial charge >= 0.3 is 0 Å². The highest BCUT2D eigenvalue weighted by molar-refractivity contribution is 8.00. The van der Waals surface area contributed by atoms with Crippen LogP contribution in [0, 0.1) is 5.92 Å². The SMILES string of the molecule is C/C=C1/c2ccccc2SC1C(C)C.